The predicted molar refractivity (Wildman–Crippen MR) is 89.5 cm³/mol. The number of hydrogen-bond acceptors (Lipinski definition) is 1. The van der Waals surface area contributed by atoms with Gasteiger partial charge >= 0.3 is 0 Å². The second-order valence-corrected chi connectivity index (χ2v) is 5.49. The average molecular weight is 340 g/mol. The second-order valence-electron chi connectivity index (χ2n) is 4.30. The Morgan fingerprint density at radius 1 is 0.952 bits per heavy atom. The van der Waals surface area contributed by atoms with Crippen molar-refractivity contribution < 1.29 is 4.74 Å². The van der Waals surface area contributed by atoms with Crippen LogP contribution in [0, 0.1) is 11.8 Å². The van der Waals surface area contributed by atoms with Gasteiger partial charge in [-0.05, 0) is 42.0 Å². The van der Waals surface area contributed by atoms with Crippen LogP contribution in [-0.4, -0.2) is 5.88 Å². The number of ether oxygens (including phenoxy) is 1. The van der Waals surface area contributed by atoms with E-state index in [-0.39, 0.29) is 0 Å². The Kier molecular flexibility index (Phi) is 6.26. The first-order valence-electron chi connectivity index (χ1n) is 6.40. The summed E-state index contributed by atoms with van der Waals surface area (Å²) in [4.78, 5) is 0. The molecule has 0 aliphatic rings. The molecule has 0 amide bonds. The summed E-state index contributed by atoms with van der Waals surface area (Å²) in [7, 11) is 0. The monoisotopic (exact) mass is 338 g/mol. The maximum Gasteiger partial charge on any atom is 0.119 e. The predicted octanol–water partition coefficient (Wildman–Crippen LogP) is 5.55. The van der Waals surface area contributed by atoms with E-state index in [1.54, 1.807) is 12.1 Å². The zero-order valence-corrected chi connectivity index (χ0v) is 13.5. The molecule has 0 unspecified atom stereocenters. The zero-order valence-electron chi connectivity index (χ0n) is 11.2. The Morgan fingerprint density at radius 3 is 2.38 bits per heavy atom. The molecule has 0 aliphatic carbocycles. The molecule has 0 N–H and O–H groups in total. The lowest BCUT2D eigenvalue weighted by molar-refractivity contribution is 0.306. The molecule has 21 heavy (non-hydrogen) atoms. The molecule has 0 radical (unpaired) electrons. The van der Waals surface area contributed by atoms with Gasteiger partial charge in [0.05, 0.1) is 10.0 Å². The molecule has 0 atom stereocenters. The average Bonchev–Trinajstić information content (AvgIpc) is 2.50. The van der Waals surface area contributed by atoms with Crippen LogP contribution < -0.4 is 4.74 Å². The SMILES string of the molecule is ClCCC#Cc1ccc(OCc2ccc(Cl)c(Cl)c2)cc1. The van der Waals surface area contributed by atoms with Gasteiger partial charge in [0, 0.05) is 17.9 Å². The Morgan fingerprint density at radius 2 is 1.71 bits per heavy atom. The molecule has 0 aromatic heterocycles. The summed E-state index contributed by atoms with van der Waals surface area (Å²) < 4.78 is 5.70. The van der Waals surface area contributed by atoms with Crippen LogP contribution in [0.25, 0.3) is 0 Å². The largest absolute Gasteiger partial charge is 0.489 e. The fourth-order valence-corrected chi connectivity index (χ4v) is 2.06. The lowest BCUT2D eigenvalue weighted by Gasteiger charge is -2.07. The smallest absolute Gasteiger partial charge is 0.119 e. The fraction of sp³-hybridized carbons (Fsp3) is 0.176. The van der Waals surface area contributed by atoms with Crippen molar-refractivity contribution in [2.24, 2.45) is 0 Å². The van der Waals surface area contributed by atoms with Crippen molar-refractivity contribution in [3.05, 3.63) is 63.6 Å². The van der Waals surface area contributed by atoms with Gasteiger partial charge in [-0.15, -0.1) is 11.6 Å². The zero-order chi connectivity index (χ0) is 15.1. The third kappa shape index (κ3) is 5.17. The minimum absolute atomic E-state index is 0.439. The van der Waals surface area contributed by atoms with E-state index in [0.29, 0.717) is 29.0 Å². The molecule has 2 aromatic rings. The lowest BCUT2D eigenvalue weighted by Crippen LogP contribution is -1.95. The summed E-state index contributed by atoms with van der Waals surface area (Å²) in [6.45, 7) is 0.439. The number of rotatable bonds is 4. The first-order chi connectivity index (χ1) is 10.2. The second kappa shape index (κ2) is 8.20. The third-order valence-electron chi connectivity index (χ3n) is 2.70. The van der Waals surface area contributed by atoms with Crippen LogP contribution in [0.3, 0.4) is 0 Å². The van der Waals surface area contributed by atoms with Gasteiger partial charge in [-0.1, -0.05) is 41.1 Å². The molecule has 0 saturated heterocycles. The van der Waals surface area contributed by atoms with Crippen molar-refractivity contribution >= 4 is 34.8 Å². The van der Waals surface area contributed by atoms with Gasteiger partial charge in [0.2, 0.25) is 0 Å². The molecule has 0 fully saturated rings. The Hall–Kier alpha value is -1.33. The molecular formula is C17H13Cl3O. The Bertz CT molecular complexity index is 654. The molecule has 108 valence electrons. The summed E-state index contributed by atoms with van der Waals surface area (Å²) in [5.74, 6) is 7.36. The first kappa shape index (κ1) is 16.0. The van der Waals surface area contributed by atoms with Crippen LogP contribution in [0.5, 0.6) is 5.75 Å². The van der Waals surface area contributed by atoms with Crippen LogP contribution in [0.1, 0.15) is 17.5 Å². The number of hydrogen-bond donors (Lipinski definition) is 0. The Balaban J connectivity index is 1.94. The fourth-order valence-electron chi connectivity index (χ4n) is 1.64. The quantitative estimate of drug-likeness (QED) is 0.524. The van der Waals surface area contributed by atoms with E-state index in [1.165, 1.54) is 0 Å². The number of benzene rings is 2. The van der Waals surface area contributed by atoms with E-state index in [1.807, 2.05) is 30.3 Å². The van der Waals surface area contributed by atoms with Crippen LogP contribution in [-0.2, 0) is 6.61 Å². The summed E-state index contributed by atoms with van der Waals surface area (Å²) in [5, 5.41) is 1.07. The van der Waals surface area contributed by atoms with E-state index in [9.17, 15) is 0 Å². The van der Waals surface area contributed by atoms with Gasteiger partial charge in [-0.2, -0.15) is 0 Å². The van der Waals surface area contributed by atoms with Gasteiger partial charge in [0.15, 0.2) is 0 Å². The molecule has 0 bridgehead atoms. The highest BCUT2D eigenvalue weighted by atomic mass is 35.5. The highest BCUT2D eigenvalue weighted by Gasteiger charge is 2.01. The lowest BCUT2D eigenvalue weighted by atomic mass is 10.2. The van der Waals surface area contributed by atoms with Crippen molar-refractivity contribution in [1.82, 2.24) is 0 Å². The molecule has 0 spiro atoms. The van der Waals surface area contributed by atoms with Gasteiger partial charge in [0.25, 0.3) is 0 Å². The molecule has 0 aliphatic heterocycles. The molecule has 2 rings (SSSR count). The Labute approximate surface area is 139 Å². The van der Waals surface area contributed by atoms with E-state index < -0.39 is 0 Å². The molecular weight excluding hydrogens is 327 g/mol. The summed E-state index contributed by atoms with van der Waals surface area (Å²) in [6.07, 6.45) is 0.692. The number of halogens is 3. The van der Waals surface area contributed by atoms with Crippen LogP contribution in [0.15, 0.2) is 42.5 Å². The van der Waals surface area contributed by atoms with Gasteiger partial charge in [-0.25, -0.2) is 0 Å². The van der Waals surface area contributed by atoms with E-state index in [0.717, 1.165) is 16.9 Å². The van der Waals surface area contributed by atoms with Crippen molar-refractivity contribution in [3.63, 3.8) is 0 Å². The van der Waals surface area contributed by atoms with Crippen molar-refractivity contribution in [1.29, 1.82) is 0 Å². The highest BCUT2D eigenvalue weighted by molar-refractivity contribution is 6.42. The highest BCUT2D eigenvalue weighted by Crippen LogP contribution is 2.23. The van der Waals surface area contributed by atoms with E-state index in [4.69, 9.17) is 39.5 Å². The van der Waals surface area contributed by atoms with Crippen molar-refractivity contribution in [2.45, 2.75) is 13.0 Å². The molecule has 1 nitrogen and oxygen atoms in total. The third-order valence-corrected chi connectivity index (χ3v) is 3.62. The van der Waals surface area contributed by atoms with Crippen LogP contribution in [0.4, 0.5) is 0 Å². The normalized spacial score (nSPS) is 9.86. The first-order valence-corrected chi connectivity index (χ1v) is 7.69. The minimum atomic E-state index is 0.439. The van der Waals surface area contributed by atoms with E-state index in [2.05, 4.69) is 11.8 Å². The number of alkyl halides is 1. The van der Waals surface area contributed by atoms with Crippen molar-refractivity contribution in [2.75, 3.05) is 5.88 Å². The minimum Gasteiger partial charge on any atom is -0.489 e. The molecule has 0 saturated carbocycles. The van der Waals surface area contributed by atoms with Gasteiger partial charge in [0.1, 0.15) is 12.4 Å². The van der Waals surface area contributed by atoms with Crippen molar-refractivity contribution in [3.8, 4) is 17.6 Å². The van der Waals surface area contributed by atoms with E-state index >= 15 is 0 Å². The van der Waals surface area contributed by atoms with Gasteiger partial charge < -0.3 is 4.74 Å². The van der Waals surface area contributed by atoms with Gasteiger partial charge in [-0.3, -0.25) is 0 Å². The van der Waals surface area contributed by atoms with Crippen LogP contribution in [0.2, 0.25) is 10.0 Å². The molecule has 2 aromatic carbocycles. The maximum atomic E-state index is 5.96. The topological polar surface area (TPSA) is 9.23 Å². The molecule has 0 heterocycles. The summed E-state index contributed by atoms with van der Waals surface area (Å²) in [6, 6.07) is 13.1. The maximum absolute atomic E-state index is 5.96. The summed E-state index contributed by atoms with van der Waals surface area (Å²) in [5.41, 5.74) is 1.91. The molecule has 4 heteroatoms. The summed E-state index contributed by atoms with van der Waals surface area (Å²) >= 11 is 17.4. The van der Waals surface area contributed by atoms with Crippen LogP contribution >= 0.6 is 34.8 Å². The standard InChI is InChI=1S/C17H13Cl3O/c18-10-2-1-3-13-4-7-15(8-5-13)21-12-14-6-9-16(19)17(20)11-14/h4-9,11H,2,10,12H2.